The van der Waals surface area contributed by atoms with Crippen LogP contribution < -0.4 is 5.32 Å². The van der Waals surface area contributed by atoms with Crippen LogP contribution >= 0.6 is 0 Å². The number of hydrogen-bond acceptors (Lipinski definition) is 3. The highest BCUT2D eigenvalue weighted by molar-refractivity contribution is 5.21. The molecule has 0 bridgehead atoms. The molecule has 0 atom stereocenters. The van der Waals surface area contributed by atoms with Crippen LogP contribution in [0.1, 0.15) is 37.8 Å². The van der Waals surface area contributed by atoms with Crippen LogP contribution in [0, 0.1) is 5.41 Å². The van der Waals surface area contributed by atoms with Crippen molar-refractivity contribution < 1.29 is 10.2 Å². The molecule has 0 unspecified atom stereocenters. The number of aliphatic hydroxyl groups is 2. The van der Waals surface area contributed by atoms with Crippen molar-refractivity contribution >= 4 is 0 Å². The Morgan fingerprint density at radius 2 is 1.67 bits per heavy atom. The second-order valence-corrected chi connectivity index (χ2v) is 5.57. The van der Waals surface area contributed by atoms with E-state index in [1.54, 1.807) is 0 Å². The van der Waals surface area contributed by atoms with Gasteiger partial charge in [-0.3, -0.25) is 0 Å². The van der Waals surface area contributed by atoms with Crippen molar-refractivity contribution in [3.05, 3.63) is 35.4 Å². The average Bonchev–Trinajstić information content (AvgIpc) is 2.37. The molecule has 0 spiro atoms. The Kier molecular flexibility index (Phi) is 6.33. The summed E-state index contributed by atoms with van der Waals surface area (Å²) in [5.74, 6) is 0. The maximum Gasteiger partial charge on any atom is 0.0681 e. The van der Waals surface area contributed by atoms with Crippen molar-refractivity contribution in [3.63, 3.8) is 0 Å². The monoisotopic (exact) mass is 251 g/mol. The highest BCUT2D eigenvalue weighted by Crippen LogP contribution is 2.20. The van der Waals surface area contributed by atoms with E-state index in [0.29, 0.717) is 0 Å². The van der Waals surface area contributed by atoms with Crippen LogP contribution in [0.4, 0.5) is 0 Å². The molecule has 0 aliphatic heterocycles. The van der Waals surface area contributed by atoms with Crippen molar-refractivity contribution in [1.82, 2.24) is 5.32 Å². The largest absolute Gasteiger partial charge is 0.396 e. The molecule has 18 heavy (non-hydrogen) atoms. The molecule has 0 aromatic heterocycles. The van der Waals surface area contributed by atoms with Gasteiger partial charge in [0, 0.05) is 19.7 Å². The summed E-state index contributed by atoms with van der Waals surface area (Å²) in [6.45, 7) is 6.58. The molecule has 0 saturated carbocycles. The van der Waals surface area contributed by atoms with Crippen LogP contribution in [0.2, 0.25) is 0 Å². The maximum absolute atomic E-state index is 8.96. The molecule has 0 aliphatic carbocycles. The topological polar surface area (TPSA) is 52.5 Å². The summed E-state index contributed by atoms with van der Waals surface area (Å²) in [6, 6.07) is 7.99. The first-order valence-corrected chi connectivity index (χ1v) is 6.58. The van der Waals surface area contributed by atoms with Gasteiger partial charge in [-0.15, -0.1) is 0 Å². The van der Waals surface area contributed by atoms with Crippen LogP contribution in [-0.4, -0.2) is 23.4 Å². The molecule has 1 aromatic rings. The Bertz CT molecular complexity index is 333. The molecule has 3 N–H and O–H groups in total. The molecule has 0 heterocycles. The smallest absolute Gasteiger partial charge is 0.0681 e. The third-order valence-corrected chi connectivity index (χ3v) is 3.15. The summed E-state index contributed by atoms with van der Waals surface area (Å²) in [5, 5.41) is 21.2. The van der Waals surface area contributed by atoms with E-state index in [9.17, 15) is 0 Å². The van der Waals surface area contributed by atoms with Crippen molar-refractivity contribution in [3.8, 4) is 0 Å². The van der Waals surface area contributed by atoms with Gasteiger partial charge in [0.25, 0.3) is 0 Å². The Morgan fingerprint density at radius 1 is 1.06 bits per heavy atom. The van der Waals surface area contributed by atoms with Gasteiger partial charge in [-0.25, -0.2) is 0 Å². The van der Waals surface area contributed by atoms with E-state index >= 15 is 0 Å². The Balaban J connectivity index is 2.31. The van der Waals surface area contributed by atoms with E-state index in [1.807, 2.05) is 24.3 Å². The third kappa shape index (κ3) is 5.63. The van der Waals surface area contributed by atoms with E-state index in [-0.39, 0.29) is 18.6 Å². The van der Waals surface area contributed by atoms with Crippen LogP contribution in [0.15, 0.2) is 24.3 Å². The van der Waals surface area contributed by atoms with Gasteiger partial charge < -0.3 is 15.5 Å². The Labute approximate surface area is 110 Å². The van der Waals surface area contributed by atoms with Gasteiger partial charge in [-0.05, 0) is 29.4 Å². The second kappa shape index (κ2) is 7.52. The normalized spacial score (nSPS) is 11.8. The average molecular weight is 251 g/mol. The molecule has 0 fully saturated rings. The molecule has 3 heteroatoms. The predicted molar refractivity (Wildman–Crippen MR) is 74.2 cm³/mol. The lowest BCUT2D eigenvalue weighted by atomic mass is 9.88. The molecule has 0 amide bonds. The van der Waals surface area contributed by atoms with Gasteiger partial charge in [0.05, 0.1) is 6.61 Å². The molecule has 1 aromatic carbocycles. The first-order valence-electron chi connectivity index (χ1n) is 6.58. The summed E-state index contributed by atoms with van der Waals surface area (Å²) in [7, 11) is 0. The Morgan fingerprint density at radius 3 is 2.22 bits per heavy atom. The van der Waals surface area contributed by atoms with Gasteiger partial charge in [-0.2, -0.15) is 0 Å². The van der Waals surface area contributed by atoms with Gasteiger partial charge in [-0.1, -0.05) is 38.1 Å². The fraction of sp³-hybridized carbons (Fsp3) is 0.600. The van der Waals surface area contributed by atoms with E-state index in [0.717, 1.165) is 31.5 Å². The third-order valence-electron chi connectivity index (χ3n) is 3.15. The number of benzene rings is 1. The minimum absolute atomic E-state index is 0.0991. The van der Waals surface area contributed by atoms with E-state index in [1.165, 1.54) is 5.56 Å². The van der Waals surface area contributed by atoms with Crippen LogP contribution in [0.5, 0.6) is 0 Å². The lowest BCUT2D eigenvalue weighted by Crippen LogP contribution is -2.29. The number of nitrogens with one attached hydrogen (secondary N) is 1. The Hall–Kier alpha value is -0.900. The second-order valence-electron chi connectivity index (χ2n) is 5.57. The van der Waals surface area contributed by atoms with Crippen LogP contribution in [0.25, 0.3) is 0 Å². The minimum atomic E-state index is 0.0991. The number of aliphatic hydroxyl groups excluding tert-OH is 2. The number of hydrogen-bond donors (Lipinski definition) is 3. The zero-order valence-corrected chi connectivity index (χ0v) is 11.4. The number of rotatable bonds is 8. The fourth-order valence-corrected chi connectivity index (χ4v) is 1.95. The summed E-state index contributed by atoms with van der Waals surface area (Å²) in [4.78, 5) is 0. The fourth-order valence-electron chi connectivity index (χ4n) is 1.95. The van der Waals surface area contributed by atoms with Gasteiger partial charge in [0.2, 0.25) is 0 Å². The quantitative estimate of drug-likeness (QED) is 0.663. The highest BCUT2D eigenvalue weighted by atomic mass is 16.3. The van der Waals surface area contributed by atoms with Crippen LogP contribution in [0.3, 0.4) is 0 Å². The highest BCUT2D eigenvalue weighted by Gasteiger charge is 2.16. The molecule has 0 radical (unpaired) electrons. The van der Waals surface area contributed by atoms with E-state index in [4.69, 9.17) is 10.2 Å². The van der Waals surface area contributed by atoms with Gasteiger partial charge in [0.15, 0.2) is 0 Å². The van der Waals surface area contributed by atoms with E-state index in [2.05, 4.69) is 19.2 Å². The van der Waals surface area contributed by atoms with Crippen molar-refractivity contribution in [1.29, 1.82) is 0 Å². The maximum atomic E-state index is 8.96. The first kappa shape index (κ1) is 15.2. The lowest BCUT2D eigenvalue weighted by Gasteiger charge is -2.24. The zero-order valence-electron chi connectivity index (χ0n) is 11.4. The van der Waals surface area contributed by atoms with E-state index < -0.39 is 0 Å². The standard InChI is InChI=1S/C15H25NO2/c1-15(2,8-3-9-17)12-16-10-13-4-6-14(11-18)7-5-13/h4-7,16-18H,3,8-12H2,1-2H3. The molecular formula is C15H25NO2. The minimum Gasteiger partial charge on any atom is -0.396 e. The first-order chi connectivity index (χ1) is 8.57. The molecule has 0 saturated heterocycles. The zero-order chi connectivity index (χ0) is 13.4. The lowest BCUT2D eigenvalue weighted by molar-refractivity contribution is 0.236. The van der Waals surface area contributed by atoms with Crippen LogP contribution in [-0.2, 0) is 13.2 Å². The summed E-state index contributed by atoms with van der Waals surface area (Å²) in [5.41, 5.74) is 2.39. The SMILES string of the molecule is CC(C)(CCCO)CNCc1ccc(CO)cc1. The molecular weight excluding hydrogens is 226 g/mol. The predicted octanol–water partition coefficient (Wildman–Crippen LogP) is 2.07. The van der Waals surface area contributed by atoms with Crippen molar-refractivity contribution in [2.24, 2.45) is 5.41 Å². The summed E-state index contributed by atoms with van der Waals surface area (Å²) >= 11 is 0. The summed E-state index contributed by atoms with van der Waals surface area (Å²) in [6.07, 6.45) is 1.89. The molecule has 0 aliphatic rings. The molecule has 102 valence electrons. The molecule has 3 nitrogen and oxygen atoms in total. The van der Waals surface area contributed by atoms with Crippen molar-refractivity contribution in [2.75, 3.05) is 13.2 Å². The van der Waals surface area contributed by atoms with Gasteiger partial charge >= 0.3 is 0 Å². The summed E-state index contributed by atoms with van der Waals surface area (Å²) < 4.78 is 0. The van der Waals surface area contributed by atoms with Crippen molar-refractivity contribution in [2.45, 2.75) is 39.8 Å². The van der Waals surface area contributed by atoms with Gasteiger partial charge in [0.1, 0.15) is 0 Å². The molecule has 1 rings (SSSR count).